The number of pyridine rings is 1. The molecule has 0 aliphatic carbocycles. The van der Waals surface area contributed by atoms with Crippen LogP contribution in [0.1, 0.15) is 12.0 Å². The van der Waals surface area contributed by atoms with E-state index in [1.54, 1.807) is 0 Å². The van der Waals surface area contributed by atoms with Crippen LogP contribution >= 0.6 is 0 Å². The second-order valence-corrected chi connectivity index (χ2v) is 6.79. The van der Waals surface area contributed by atoms with Crippen molar-refractivity contribution in [3.63, 3.8) is 0 Å². The third-order valence-corrected chi connectivity index (χ3v) is 4.70. The fraction of sp³-hybridized carbons (Fsp3) is 0.130. The molecule has 1 heterocycles. The van der Waals surface area contributed by atoms with Crippen molar-refractivity contribution in [2.45, 2.75) is 13.0 Å². The molecule has 0 aliphatic heterocycles. The van der Waals surface area contributed by atoms with Crippen LogP contribution in [0.25, 0.3) is 21.8 Å². The highest BCUT2D eigenvalue weighted by Gasteiger charge is 2.10. The van der Waals surface area contributed by atoms with E-state index in [1.165, 1.54) is 0 Å². The largest absolute Gasteiger partial charge is 0.481 e. The summed E-state index contributed by atoms with van der Waals surface area (Å²) in [6.45, 7) is 0.200. The van der Waals surface area contributed by atoms with Gasteiger partial charge in [0.25, 0.3) is 0 Å². The van der Waals surface area contributed by atoms with E-state index in [4.69, 9.17) is 10.1 Å². The summed E-state index contributed by atoms with van der Waals surface area (Å²) in [5, 5.41) is 27.1. The summed E-state index contributed by atoms with van der Waals surface area (Å²) >= 11 is 0. The number of carboxylic acids is 1. The van der Waals surface area contributed by atoms with Gasteiger partial charge < -0.3 is 20.8 Å². The molecule has 0 unspecified atom stereocenters. The number of fused-ring (bicyclic) bond motifs is 2. The van der Waals surface area contributed by atoms with Crippen LogP contribution in [-0.4, -0.2) is 27.7 Å². The maximum absolute atomic E-state index is 10.8. The molecule has 6 nitrogen and oxygen atoms in total. The molecule has 0 radical (unpaired) electrons. The first-order valence-corrected chi connectivity index (χ1v) is 9.39. The Morgan fingerprint density at radius 3 is 2.14 bits per heavy atom. The second-order valence-electron chi connectivity index (χ2n) is 6.79. The first kappa shape index (κ1) is 18.7. The van der Waals surface area contributed by atoms with Gasteiger partial charge in [-0.1, -0.05) is 36.4 Å². The number of aliphatic hydroxyl groups excluding tert-OH is 1. The van der Waals surface area contributed by atoms with Crippen molar-refractivity contribution >= 4 is 44.8 Å². The Morgan fingerprint density at radius 2 is 1.52 bits per heavy atom. The van der Waals surface area contributed by atoms with E-state index < -0.39 is 5.97 Å². The van der Waals surface area contributed by atoms with Gasteiger partial charge in [0.05, 0.1) is 29.7 Å². The zero-order valence-electron chi connectivity index (χ0n) is 15.7. The van der Waals surface area contributed by atoms with Gasteiger partial charge in [-0.25, -0.2) is 4.98 Å². The van der Waals surface area contributed by atoms with Crippen LogP contribution in [0.15, 0.2) is 66.7 Å². The molecule has 4 rings (SSSR count). The van der Waals surface area contributed by atoms with Crippen LogP contribution in [0.4, 0.5) is 17.1 Å². The fourth-order valence-electron chi connectivity index (χ4n) is 3.39. The van der Waals surface area contributed by atoms with Crippen molar-refractivity contribution in [2.24, 2.45) is 0 Å². The van der Waals surface area contributed by atoms with Crippen LogP contribution in [0.5, 0.6) is 0 Å². The van der Waals surface area contributed by atoms with Crippen LogP contribution < -0.4 is 10.6 Å². The van der Waals surface area contributed by atoms with Gasteiger partial charge in [-0.05, 0) is 35.9 Å². The van der Waals surface area contributed by atoms with Crippen molar-refractivity contribution < 1.29 is 15.0 Å². The molecule has 3 aromatic carbocycles. The number of carboxylic acid groups (broad SMARTS) is 1. The summed E-state index contributed by atoms with van der Waals surface area (Å²) in [6, 6.07) is 21.5. The van der Waals surface area contributed by atoms with E-state index >= 15 is 0 Å². The maximum atomic E-state index is 10.8. The molecule has 146 valence electrons. The zero-order valence-corrected chi connectivity index (χ0v) is 15.7. The van der Waals surface area contributed by atoms with Gasteiger partial charge in [0.15, 0.2) is 0 Å². The molecule has 0 fully saturated rings. The summed E-state index contributed by atoms with van der Waals surface area (Å²) in [5.41, 5.74) is 5.02. The van der Waals surface area contributed by atoms with Crippen LogP contribution in [0.2, 0.25) is 0 Å². The number of rotatable bonds is 7. The lowest BCUT2D eigenvalue weighted by Gasteiger charge is -2.15. The number of hydrogen-bond acceptors (Lipinski definition) is 5. The number of anilines is 3. The number of nitrogens with one attached hydrogen (secondary N) is 2. The number of para-hydroxylation sites is 2. The van der Waals surface area contributed by atoms with Crippen molar-refractivity contribution in [1.82, 2.24) is 4.98 Å². The number of benzene rings is 3. The molecular formula is C23H21N3O3. The predicted molar refractivity (Wildman–Crippen MR) is 116 cm³/mol. The minimum Gasteiger partial charge on any atom is -0.481 e. The summed E-state index contributed by atoms with van der Waals surface area (Å²) in [7, 11) is 0. The molecule has 0 amide bonds. The molecule has 0 atom stereocenters. The summed E-state index contributed by atoms with van der Waals surface area (Å²) in [5.74, 6) is -0.858. The van der Waals surface area contributed by atoms with Gasteiger partial charge in [0, 0.05) is 28.7 Å². The van der Waals surface area contributed by atoms with Crippen molar-refractivity contribution in [3.8, 4) is 0 Å². The molecular weight excluding hydrogens is 366 g/mol. The third kappa shape index (κ3) is 4.12. The van der Waals surface area contributed by atoms with E-state index in [0.717, 1.165) is 44.4 Å². The predicted octanol–water partition coefficient (Wildman–Crippen LogP) is 4.51. The van der Waals surface area contributed by atoms with Gasteiger partial charge in [-0.2, -0.15) is 0 Å². The molecule has 0 aliphatic rings. The number of carbonyl (C=O) groups is 1. The van der Waals surface area contributed by atoms with E-state index in [2.05, 4.69) is 10.6 Å². The minimum absolute atomic E-state index is 0.0196. The van der Waals surface area contributed by atoms with Gasteiger partial charge >= 0.3 is 5.97 Å². The summed E-state index contributed by atoms with van der Waals surface area (Å²) < 4.78 is 0. The monoisotopic (exact) mass is 387 g/mol. The highest BCUT2D eigenvalue weighted by molar-refractivity contribution is 6.08. The van der Waals surface area contributed by atoms with Gasteiger partial charge in [-0.15, -0.1) is 0 Å². The van der Waals surface area contributed by atoms with E-state index in [1.807, 2.05) is 66.7 Å². The van der Waals surface area contributed by atoms with E-state index in [0.29, 0.717) is 6.54 Å². The standard InChI is InChI=1S/C23H21N3O3/c27-14-15-11-16(24-10-9-22(28)29)13-17(12-15)25-23-18-5-1-3-7-20(18)26-21-8-4-2-6-19(21)23/h1-8,11-13,24,27H,9-10,14H2,(H,25,26)(H,28,29). The number of nitrogens with zero attached hydrogens (tertiary/aromatic N) is 1. The average molecular weight is 387 g/mol. The van der Waals surface area contributed by atoms with Crippen molar-refractivity contribution in [1.29, 1.82) is 0 Å². The summed E-state index contributed by atoms with van der Waals surface area (Å²) in [6.07, 6.45) is 0.0196. The van der Waals surface area contributed by atoms with Crippen LogP contribution in [-0.2, 0) is 11.4 Å². The summed E-state index contributed by atoms with van der Waals surface area (Å²) in [4.78, 5) is 15.5. The smallest absolute Gasteiger partial charge is 0.305 e. The Balaban J connectivity index is 1.76. The van der Waals surface area contributed by atoms with Crippen molar-refractivity contribution in [2.75, 3.05) is 17.2 Å². The zero-order chi connectivity index (χ0) is 20.2. The maximum Gasteiger partial charge on any atom is 0.305 e. The first-order chi connectivity index (χ1) is 14.1. The van der Waals surface area contributed by atoms with E-state index in [9.17, 15) is 9.90 Å². The normalized spacial score (nSPS) is 10.9. The topological polar surface area (TPSA) is 94.5 Å². The lowest BCUT2D eigenvalue weighted by atomic mass is 10.1. The Hall–Kier alpha value is -3.64. The Kier molecular flexibility index (Phi) is 5.27. The number of aliphatic carboxylic acids is 1. The minimum atomic E-state index is -0.858. The Labute approximate surface area is 167 Å². The number of aliphatic hydroxyl groups is 1. The molecule has 1 aromatic heterocycles. The van der Waals surface area contributed by atoms with Gasteiger partial charge in [-0.3, -0.25) is 4.79 Å². The van der Waals surface area contributed by atoms with Crippen molar-refractivity contribution in [3.05, 3.63) is 72.3 Å². The molecule has 29 heavy (non-hydrogen) atoms. The highest BCUT2D eigenvalue weighted by Crippen LogP contribution is 2.34. The Bertz CT molecular complexity index is 1140. The van der Waals surface area contributed by atoms with Gasteiger partial charge in [0.1, 0.15) is 0 Å². The molecule has 6 heteroatoms. The molecule has 4 N–H and O–H groups in total. The molecule has 4 aromatic rings. The second kappa shape index (κ2) is 8.16. The van der Waals surface area contributed by atoms with Crippen LogP contribution in [0.3, 0.4) is 0 Å². The number of hydrogen-bond donors (Lipinski definition) is 4. The lowest BCUT2D eigenvalue weighted by Crippen LogP contribution is -2.08. The highest BCUT2D eigenvalue weighted by atomic mass is 16.4. The average Bonchev–Trinajstić information content (AvgIpc) is 2.73. The Morgan fingerprint density at radius 1 is 0.897 bits per heavy atom. The third-order valence-electron chi connectivity index (χ3n) is 4.70. The molecule has 0 spiro atoms. The molecule has 0 saturated carbocycles. The first-order valence-electron chi connectivity index (χ1n) is 9.39. The lowest BCUT2D eigenvalue weighted by molar-refractivity contribution is -0.136. The molecule has 0 saturated heterocycles. The van der Waals surface area contributed by atoms with Gasteiger partial charge in [0.2, 0.25) is 0 Å². The van der Waals surface area contributed by atoms with E-state index in [-0.39, 0.29) is 13.0 Å². The SMILES string of the molecule is O=C(O)CCNc1cc(CO)cc(Nc2c3ccccc3nc3ccccc23)c1. The number of aromatic nitrogens is 1. The fourth-order valence-corrected chi connectivity index (χ4v) is 3.39. The molecule has 0 bridgehead atoms. The van der Waals surface area contributed by atoms with Crippen LogP contribution in [0, 0.1) is 0 Å². The quantitative estimate of drug-likeness (QED) is 0.349.